The number of nitrogens with zero attached hydrogens (tertiary/aromatic N) is 4. The van der Waals surface area contributed by atoms with E-state index in [4.69, 9.17) is 5.10 Å². The van der Waals surface area contributed by atoms with Gasteiger partial charge in [0, 0.05) is 49.5 Å². The highest BCUT2D eigenvalue weighted by Crippen LogP contribution is 2.40. The first-order valence-electron chi connectivity index (χ1n) is 12.1. The molecule has 2 aromatic heterocycles. The second-order valence-corrected chi connectivity index (χ2v) is 10.8. The maximum absolute atomic E-state index is 12.0. The van der Waals surface area contributed by atoms with Crippen molar-refractivity contribution in [3.8, 4) is 28.1 Å². The Labute approximate surface area is 203 Å². The van der Waals surface area contributed by atoms with Crippen molar-refractivity contribution in [2.24, 2.45) is 7.05 Å². The molecule has 3 aromatic rings. The number of pyridine rings is 1. The zero-order valence-electron chi connectivity index (χ0n) is 19.3. The van der Waals surface area contributed by atoms with Crippen LogP contribution in [0, 0.1) is 0 Å². The second-order valence-electron chi connectivity index (χ2n) is 9.67. The van der Waals surface area contributed by atoms with Crippen LogP contribution in [0.2, 0.25) is 0 Å². The van der Waals surface area contributed by atoms with Crippen molar-refractivity contribution in [3.05, 3.63) is 52.9 Å². The van der Waals surface area contributed by atoms with E-state index in [1.807, 2.05) is 30.0 Å². The minimum atomic E-state index is -0.0824. The van der Waals surface area contributed by atoms with Gasteiger partial charge in [0.05, 0.1) is 10.6 Å². The third-order valence-corrected chi connectivity index (χ3v) is 8.52. The number of aromatic nitrogens is 3. The van der Waals surface area contributed by atoms with Gasteiger partial charge in [0.15, 0.2) is 5.82 Å². The number of nitrogens with one attached hydrogen (secondary N) is 1. The van der Waals surface area contributed by atoms with E-state index in [2.05, 4.69) is 21.4 Å². The van der Waals surface area contributed by atoms with Gasteiger partial charge in [-0.2, -0.15) is 0 Å². The number of rotatable bonds is 3. The lowest BCUT2D eigenvalue weighted by molar-refractivity contribution is 0.345. The first-order chi connectivity index (χ1) is 16.5. The fourth-order valence-electron chi connectivity index (χ4n) is 5.62. The molecule has 8 heteroatoms. The Bertz CT molecular complexity index is 1280. The van der Waals surface area contributed by atoms with Crippen LogP contribution in [0.5, 0.6) is 5.75 Å². The van der Waals surface area contributed by atoms with Gasteiger partial charge in [-0.3, -0.25) is 4.79 Å². The molecular weight excluding hydrogens is 446 g/mol. The normalized spacial score (nSPS) is 24.0. The SMILES string of the molecule is Cn1ccc(-c2ccc(-c3cc4c(nn3)N(C3CC5CCC(C3)N5)CCCS4)c(O)c2)cc1=O. The number of fused-ring (bicyclic) bond motifs is 3. The summed E-state index contributed by atoms with van der Waals surface area (Å²) < 4.78 is 1.53. The van der Waals surface area contributed by atoms with E-state index in [0.29, 0.717) is 29.4 Å². The quantitative estimate of drug-likeness (QED) is 0.596. The number of anilines is 1. The Morgan fingerprint density at radius 3 is 2.62 bits per heavy atom. The van der Waals surface area contributed by atoms with E-state index in [1.165, 1.54) is 30.3 Å². The van der Waals surface area contributed by atoms with Crippen molar-refractivity contribution in [1.29, 1.82) is 0 Å². The molecule has 2 saturated heterocycles. The number of thioether (sulfide) groups is 1. The van der Waals surface area contributed by atoms with Gasteiger partial charge in [0.25, 0.3) is 5.56 Å². The van der Waals surface area contributed by atoms with Crippen molar-refractivity contribution in [2.45, 2.75) is 55.1 Å². The van der Waals surface area contributed by atoms with E-state index in [0.717, 1.165) is 40.6 Å². The van der Waals surface area contributed by atoms with Gasteiger partial charge in [0.2, 0.25) is 0 Å². The third kappa shape index (κ3) is 3.99. The van der Waals surface area contributed by atoms with Crippen LogP contribution < -0.4 is 15.8 Å². The molecule has 6 rings (SSSR count). The summed E-state index contributed by atoms with van der Waals surface area (Å²) in [5, 5.41) is 23.8. The molecule has 2 N–H and O–H groups in total. The lowest BCUT2D eigenvalue weighted by Gasteiger charge is -2.38. The van der Waals surface area contributed by atoms with Crippen LogP contribution in [0.3, 0.4) is 0 Å². The molecule has 0 radical (unpaired) electrons. The highest BCUT2D eigenvalue weighted by atomic mass is 32.2. The highest BCUT2D eigenvalue weighted by molar-refractivity contribution is 7.99. The summed E-state index contributed by atoms with van der Waals surface area (Å²) in [6.07, 6.45) is 7.79. The molecular formula is C26H29N5O2S. The van der Waals surface area contributed by atoms with E-state index in [1.54, 1.807) is 25.4 Å². The fraction of sp³-hybridized carbons (Fsp3) is 0.423. The molecule has 0 aliphatic carbocycles. The molecule has 176 valence electrons. The van der Waals surface area contributed by atoms with Crippen molar-refractivity contribution >= 4 is 17.6 Å². The van der Waals surface area contributed by atoms with Gasteiger partial charge >= 0.3 is 0 Å². The van der Waals surface area contributed by atoms with Gasteiger partial charge in [-0.25, -0.2) is 0 Å². The molecule has 2 atom stereocenters. The Morgan fingerprint density at radius 1 is 1.06 bits per heavy atom. The molecule has 1 aromatic carbocycles. The number of benzene rings is 1. The number of piperidine rings is 1. The largest absolute Gasteiger partial charge is 0.507 e. The van der Waals surface area contributed by atoms with Gasteiger partial charge < -0.3 is 19.9 Å². The summed E-state index contributed by atoms with van der Waals surface area (Å²) in [7, 11) is 1.72. The average molecular weight is 476 g/mol. The number of aromatic hydroxyl groups is 1. The summed E-state index contributed by atoms with van der Waals surface area (Å²) in [4.78, 5) is 15.6. The summed E-state index contributed by atoms with van der Waals surface area (Å²) in [5.74, 6) is 2.19. The van der Waals surface area contributed by atoms with Crippen LogP contribution in [-0.4, -0.2) is 50.3 Å². The molecule has 3 aliphatic rings. The second kappa shape index (κ2) is 8.74. The monoisotopic (exact) mass is 475 g/mol. The molecule has 2 bridgehead atoms. The van der Waals surface area contributed by atoms with Crippen LogP contribution in [0.25, 0.3) is 22.4 Å². The van der Waals surface area contributed by atoms with Gasteiger partial charge in [0.1, 0.15) is 5.75 Å². The zero-order valence-corrected chi connectivity index (χ0v) is 20.1. The van der Waals surface area contributed by atoms with Gasteiger partial charge in [-0.1, -0.05) is 6.07 Å². The van der Waals surface area contributed by atoms with E-state index >= 15 is 0 Å². The Hall–Kier alpha value is -2.84. The first kappa shape index (κ1) is 21.7. The Balaban J connectivity index is 1.31. The minimum absolute atomic E-state index is 0.0824. The lowest BCUT2D eigenvalue weighted by atomic mass is 9.98. The number of phenolic OH excluding ortho intramolecular Hbond substituents is 1. The van der Waals surface area contributed by atoms with E-state index in [-0.39, 0.29) is 11.3 Å². The predicted octanol–water partition coefficient (Wildman–Crippen LogP) is 3.80. The molecule has 3 aliphatic heterocycles. The summed E-state index contributed by atoms with van der Waals surface area (Å²) >= 11 is 1.83. The zero-order chi connectivity index (χ0) is 23.2. The molecule has 2 unspecified atom stereocenters. The molecule has 7 nitrogen and oxygen atoms in total. The molecule has 34 heavy (non-hydrogen) atoms. The maximum atomic E-state index is 12.0. The standard InChI is InChI=1S/C26H29N5O2S/c1-30-9-7-17(12-25(30)33)16-3-6-21(23(32)11-16)22-15-24-26(29-28-22)31(8-2-10-34-24)20-13-18-4-5-19(14-20)27-18/h3,6-7,9,11-12,15,18-20,27,32H,2,4-5,8,10,13-14H2,1H3. The minimum Gasteiger partial charge on any atom is -0.507 e. The van der Waals surface area contributed by atoms with Crippen LogP contribution in [-0.2, 0) is 7.05 Å². The number of aryl methyl sites for hydroxylation is 1. The molecule has 0 saturated carbocycles. The topological polar surface area (TPSA) is 83.3 Å². The summed E-state index contributed by atoms with van der Waals surface area (Å²) in [6, 6.07) is 12.8. The third-order valence-electron chi connectivity index (χ3n) is 7.41. The smallest absolute Gasteiger partial charge is 0.250 e. The maximum Gasteiger partial charge on any atom is 0.250 e. The van der Waals surface area contributed by atoms with Crippen LogP contribution in [0.4, 0.5) is 5.82 Å². The van der Waals surface area contributed by atoms with Crippen molar-refractivity contribution < 1.29 is 5.11 Å². The van der Waals surface area contributed by atoms with Crippen molar-refractivity contribution in [3.63, 3.8) is 0 Å². The van der Waals surface area contributed by atoms with Crippen LogP contribution >= 0.6 is 11.8 Å². The Morgan fingerprint density at radius 2 is 1.85 bits per heavy atom. The lowest BCUT2D eigenvalue weighted by Crippen LogP contribution is -2.49. The number of hydrogen-bond donors (Lipinski definition) is 2. The predicted molar refractivity (Wildman–Crippen MR) is 135 cm³/mol. The molecule has 2 fully saturated rings. The number of hydrogen-bond acceptors (Lipinski definition) is 7. The van der Waals surface area contributed by atoms with Gasteiger partial charge in [-0.15, -0.1) is 22.0 Å². The number of phenols is 1. The van der Waals surface area contributed by atoms with Crippen LogP contribution in [0.15, 0.2) is 52.3 Å². The van der Waals surface area contributed by atoms with E-state index < -0.39 is 0 Å². The highest BCUT2D eigenvalue weighted by Gasteiger charge is 2.37. The first-order valence-corrected chi connectivity index (χ1v) is 13.1. The summed E-state index contributed by atoms with van der Waals surface area (Å²) in [6.45, 7) is 1.02. The average Bonchev–Trinajstić information content (AvgIpc) is 3.04. The molecule has 5 heterocycles. The fourth-order valence-corrected chi connectivity index (χ4v) is 6.60. The molecule has 0 spiro atoms. The molecule has 0 amide bonds. The van der Waals surface area contributed by atoms with E-state index in [9.17, 15) is 9.90 Å². The van der Waals surface area contributed by atoms with Gasteiger partial charge in [-0.05, 0) is 73.2 Å². The van der Waals surface area contributed by atoms with Crippen molar-refractivity contribution in [1.82, 2.24) is 20.1 Å². The van der Waals surface area contributed by atoms with Crippen molar-refractivity contribution in [2.75, 3.05) is 17.2 Å². The summed E-state index contributed by atoms with van der Waals surface area (Å²) in [5.41, 5.74) is 2.81. The Kier molecular flexibility index (Phi) is 5.57. The van der Waals surface area contributed by atoms with Crippen LogP contribution in [0.1, 0.15) is 32.1 Å².